The molecule has 0 saturated heterocycles. The van der Waals surface area contributed by atoms with Gasteiger partial charge in [-0.25, -0.2) is 8.98 Å². The third-order valence-corrected chi connectivity index (χ3v) is 15.0. The number of nitrogens with zero attached hydrogens (tertiary/aromatic N) is 1. The van der Waals surface area contributed by atoms with Crippen molar-refractivity contribution in [2.75, 3.05) is 13.1 Å². The van der Waals surface area contributed by atoms with Gasteiger partial charge in [0.1, 0.15) is 6.10 Å². The molecule has 0 aliphatic rings. The van der Waals surface area contributed by atoms with Crippen molar-refractivity contribution in [3.05, 3.63) is 157 Å². The average molecular weight is 1310 g/mol. The number of aliphatic carboxylic acids is 1. The van der Waals surface area contributed by atoms with Crippen LogP contribution in [0.25, 0.3) is 0 Å². The molecule has 0 aliphatic heterocycles. The minimum Gasteiger partial charge on any atom is -0.478 e. The normalized spacial score (nSPS) is 19.5. The highest BCUT2D eigenvalue weighted by Gasteiger charge is 2.32. The van der Waals surface area contributed by atoms with Crippen molar-refractivity contribution >= 4 is 22.3 Å². The van der Waals surface area contributed by atoms with Crippen molar-refractivity contribution in [3.8, 4) is 0 Å². The van der Waals surface area contributed by atoms with Gasteiger partial charge in [0.15, 0.2) is 5.96 Å². The zero-order chi connectivity index (χ0) is 68.9. The van der Waals surface area contributed by atoms with Gasteiger partial charge in [-0.1, -0.05) is 173 Å². The molecule has 0 saturated carbocycles. The second-order valence-corrected chi connectivity index (χ2v) is 24.3. The van der Waals surface area contributed by atoms with Crippen LogP contribution >= 0.6 is 0 Å². The first-order valence-corrected chi connectivity index (χ1v) is 32.4. The number of guanidine groups is 1. The molecule has 0 aromatic carbocycles. The van der Waals surface area contributed by atoms with Crippen LogP contribution < -0.4 is 16.8 Å². The van der Waals surface area contributed by atoms with Gasteiger partial charge in [0, 0.05) is 62.2 Å². The number of hydrogen-bond acceptors (Lipinski definition) is 19. The maximum atomic E-state index is 12.0. The molecular weight excluding hydrogens is 1200 g/mol. The van der Waals surface area contributed by atoms with Crippen molar-refractivity contribution in [2.45, 2.75) is 216 Å². The number of allylic oxidation sites excluding steroid dienone is 16. The number of rotatable bonds is 51. The molecule has 0 amide bonds. The van der Waals surface area contributed by atoms with Gasteiger partial charge in [-0.3, -0.25) is 9.55 Å². The number of carbonyl (C=O) groups is 1. The highest BCUT2D eigenvalue weighted by atomic mass is 32.3. The summed E-state index contributed by atoms with van der Waals surface area (Å²) in [5.41, 5.74) is 11.5. The fraction of sp³-hybridized carbons (Fsp3) is 0.582. The number of unbranched alkanes of at least 4 members (excludes halogenated alkanes) is 1. The van der Waals surface area contributed by atoms with Crippen LogP contribution in [-0.2, 0) is 19.4 Å². The quantitative estimate of drug-likeness (QED) is 0.00772. The number of carboxylic acids is 1. The molecule has 518 valence electrons. The van der Waals surface area contributed by atoms with E-state index >= 15 is 0 Å². The SMILES string of the molecule is C=C(C)CNC(CC(O)CC(O)/C=C/CC(O)CC(O)CC(O)/C=C/CC(O)CC(O)C(O)C(O)CC(O)CC(O)CCCN=C(N)N)C(C)C(C/C=C/C=C/C=C/C=C/C=C/C=C/C(O)C(C)C(O)C(C)/C=C/CC/C=C/C=C/C=C(\C)C(=O)O)OS(=O)(=O)O. The molecule has 18 atom stereocenters. The van der Waals surface area contributed by atoms with Crippen molar-refractivity contribution < 1.29 is 93.4 Å². The smallest absolute Gasteiger partial charge is 0.397 e. The van der Waals surface area contributed by atoms with Gasteiger partial charge in [0.25, 0.3) is 0 Å². The van der Waals surface area contributed by atoms with Crippen LogP contribution in [-0.4, -0.2) is 201 Å². The Bertz CT molecular complexity index is 2520. The second-order valence-electron chi connectivity index (χ2n) is 23.2. The zero-order valence-electron chi connectivity index (χ0n) is 53.5. The molecule has 20 N–H and O–H groups in total. The van der Waals surface area contributed by atoms with E-state index in [1.54, 1.807) is 106 Å². The van der Waals surface area contributed by atoms with Gasteiger partial charge in [-0.05, 0) is 84.0 Å². The summed E-state index contributed by atoms with van der Waals surface area (Å²) in [5.74, 6) is -2.26. The molecule has 0 rings (SSSR count). The third-order valence-electron chi connectivity index (χ3n) is 14.5. The Balaban J connectivity index is 5.14. The molecule has 0 heterocycles. The molecule has 23 nitrogen and oxygen atoms in total. The standard InChI is InChI=1S/C67H110N4O19S/c1-46(2)45-71-59(42-57(78)40-53(74)31-25-30-51(72)38-56(77)39-52(73)32-26-33-55(76)43-61(81)65(84)62(82)44-58(79)41-54(75)34-27-37-70-67(68)69)49(5)63(90-91(87,88)89)36-24-20-16-11-9-7-8-10-15-19-23-35-60(80)50(6)64(83)47(3)28-21-17-13-12-14-18-22-29-48(4)66(85)86/h7-12,14-16,18-26,28-29,31-32,35,47,49-65,71-84H,1,13,17,27,30,33-34,36-45H2,2-6H3,(H,85,86)(H4,68,69,70)(H,87,88,89)/b9-7+,10-8+,14-12+,16-11+,19-15+,22-18+,24-20+,28-21+,31-25+,32-26+,35-23+,48-29+. The van der Waals surface area contributed by atoms with E-state index in [9.17, 15) is 84.1 Å². The van der Waals surface area contributed by atoms with Crippen LogP contribution in [0.5, 0.6) is 0 Å². The van der Waals surface area contributed by atoms with Gasteiger partial charge in [0.2, 0.25) is 0 Å². The van der Waals surface area contributed by atoms with E-state index in [0.717, 1.165) is 18.4 Å². The summed E-state index contributed by atoms with van der Waals surface area (Å²) in [6.45, 7) is 13.2. The predicted molar refractivity (Wildman–Crippen MR) is 356 cm³/mol. The minimum absolute atomic E-state index is 0.0115. The first kappa shape index (κ1) is 85.7. The molecule has 91 heavy (non-hydrogen) atoms. The fourth-order valence-electron chi connectivity index (χ4n) is 9.16. The predicted octanol–water partition coefficient (Wildman–Crippen LogP) is 4.19. The van der Waals surface area contributed by atoms with E-state index in [1.165, 1.54) is 37.3 Å². The summed E-state index contributed by atoms with van der Waals surface area (Å²) >= 11 is 0. The van der Waals surface area contributed by atoms with Crippen LogP contribution in [0.1, 0.15) is 125 Å². The van der Waals surface area contributed by atoms with Crippen LogP contribution in [0, 0.1) is 17.8 Å². The lowest BCUT2D eigenvalue weighted by molar-refractivity contribution is -0.132. The van der Waals surface area contributed by atoms with E-state index in [0.29, 0.717) is 19.5 Å². The molecule has 0 aromatic rings. The molecule has 0 aromatic heterocycles. The third kappa shape index (κ3) is 46.4. The maximum Gasteiger partial charge on any atom is 0.397 e. The van der Waals surface area contributed by atoms with Crippen molar-refractivity contribution in [1.82, 2.24) is 5.32 Å². The van der Waals surface area contributed by atoms with E-state index in [4.69, 9.17) is 20.8 Å². The number of aliphatic hydroxyl groups is 13. The molecule has 0 aliphatic carbocycles. The Kier molecular flexibility index (Phi) is 47.3. The largest absolute Gasteiger partial charge is 0.478 e. The maximum absolute atomic E-state index is 12.0. The Hall–Kier alpha value is -5.33. The molecule has 0 spiro atoms. The van der Waals surface area contributed by atoms with Crippen LogP contribution in [0.4, 0.5) is 0 Å². The van der Waals surface area contributed by atoms with E-state index in [-0.39, 0.29) is 88.1 Å². The molecule has 0 radical (unpaired) electrons. The zero-order valence-corrected chi connectivity index (χ0v) is 54.4. The van der Waals surface area contributed by atoms with E-state index < -0.39 is 120 Å². The van der Waals surface area contributed by atoms with Gasteiger partial charge < -0.3 is 88.3 Å². The van der Waals surface area contributed by atoms with E-state index in [1.807, 2.05) is 31.2 Å². The first-order chi connectivity index (χ1) is 42.8. The lowest BCUT2D eigenvalue weighted by atomic mass is 9.88. The molecule has 24 heteroatoms. The Labute approximate surface area is 539 Å². The number of hydrogen-bond donors (Lipinski definition) is 18. The molecule has 0 fully saturated rings. The minimum atomic E-state index is -4.89. The second kappa shape index (κ2) is 50.2. The summed E-state index contributed by atoms with van der Waals surface area (Å²) in [6, 6.07) is -0.587. The summed E-state index contributed by atoms with van der Waals surface area (Å²) in [7, 11) is -4.89. The number of nitrogens with two attached hydrogens (primary N) is 2. The summed E-state index contributed by atoms with van der Waals surface area (Å²) in [5, 5.41) is 149. The van der Waals surface area contributed by atoms with Gasteiger partial charge in [-0.15, -0.1) is 0 Å². The number of aliphatic imine (C=N–C) groups is 1. The Morgan fingerprint density at radius 3 is 1.58 bits per heavy atom. The topological polar surface area (TPSA) is 440 Å². The Morgan fingerprint density at radius 2 is 1.03 bits per heavy atom. The molecular formula is C67H110N4O19S. The summed E-state index contributed by atoms with van der Waals surface area (Å²) < 4.78 is 38.7. The number of aliphatic hydroxyl groups excluding tert-OH is 13. The van der Waals surface area contributed by atoms with E-state index in [2.05, 4.69) is 16.9 Å². The lowest BCUT2D eigenvalue weighted by Gasteiger charge is -2.32. The van der Waals surface area contributed by atoms with Crippen molar-refractivity contribution in [2.24, 2.45) is 34.2 Å². The van der Waals surface area contributed by atoms with Crippen molar-refractivity contribution in [1.29, 1.82) is 0 Å². The van der Waals surface area contributed by atoms with Gasteiger partial charge in [-0.2, -0.15) is 8.42 Å². The number of carboxylic acid groups (broad SMARTS) is 1. The number of nitrogens with one attached hydrogen (secondary N) is 1. The van der Waals surface area contributed by atoms with Crippen LogP contribution in [0.2, 0.25) is 0 Å². The van der Waals surface area contributed by atoms with Crippen LogP contribution in [0.15, 0.2) is 162 Å². The monoisotopic (exact) mass is 1310 g/mol. The molecule has 18 unspecified atom stereocenters. The lowest BCUT2D eigenvalue weighted by Crippen LogP contribution is -2.44. The van der Waals surface area contributed by atoms with Gasteiger partial charge in [0.05, 0.1) is 79.4 Å². The first-order valence-electron chi connectivity index (χ1n) is 31.0. The molecule has 0 bridgehead atoms. The summed E-state index contributed by atoms with van der Waals surface area (Å²) in [4.78, 5) is 14.6. The van der Waals surface area contributed by atoms with Crippen LogP contribution in [0.3, 0.4) is 0 Å². The van der Waals surface area contributed by atoms with Crippen molar-refractivity contribution in [3.63, 3.8) is 0 Å². The fourth-order valence-corrected chi connectivity index (χ4v) is 9.73. The highest BCUT2D eigenvalue weighted by Crippen LogP contribution is 2.24. The highest BCUT2D eigenvalue weighted by molar-refractivity contribution is 7.80. The Morgan fingerprint density at radius 1 is 0.549 bits per heavy atom. The average Bonchev–Trinajstić information content (AvgIpc) is 1.40. The van der Waals surface area contributed by atoms with Gasteiger partial charge >= 0.3 is 16.4 Å². The summed E-state index contributed by atoms with van der Waals surface area (Å²) in [6.07, 6.45) is 23.5.